The molecule has 0 bridgehead atoms. The Labute approximate surface area is 126 Å². The highest BCUT2D eigenvalue weighted by molar-refractivity contribution is 6.30. The van der Waals surface area contributed by atoms with Crippen LogP contribution in [0.1, 0.15) is 12.7 Å². The molecule has 0 radical (unpaired) electrons. The monoisotopic (exact) mass is 312 g/mol. The lowest BCUT2D eigenvalue weighted by Gasteiger charge is -2.09. The van der Waals surface area contributed by atoms with Gasteiger partial charge < -0.3 is 14.9 Å². The summed E-state index contributed by atoms with van der Waals surface area (Å²) in [4.78, 5) is 8.27. The molecule has 0 fully saturated rings. The van der Waals surface area contributed by atoms with Crippen molar-refractivity contribution < 1.29 is 13.9 Å². The van der Waals surface area contributed by atoms with Crippen LogP contribution in [-0.2, 0) is 11.3 Å². The zero-order valence-corrected chi connectivity index (χ0v) is 12.0. The Bertz CT molecular complexity index is 627. The van der Waals surface area contributed by atoms with Gasteiger partial charge >= 0.3 is 0 Å². The van der Waals surface area contributed by atoms with Gasteiger partial charge in [0.05, 0.1) is 5.02 Å². The molecule has 0 amide bonds. The average Bonchev–Trinajstić information content (AvgIpc) is 2.48. The number of nitrogens with zero attached hydrogens (tertiary/aromatic N) is 2. The summed E-state index contributed by atoms with van der Waals surface area (Å²) < 4.78 is 24.1. The molecule has 1 aromatic heterocycles. The standard InChI is InChI=1S/C13H14ClFN4O2/c1-2-20-7-12-17-11(19-16)6-13(18-12)21-8-3-4-9(14)10(15)5-8/h3-6H,2,7,16H2,1H3,(H,17,18,19). The van der Waals surface area contributed by atoms with Crippen LogP contribution in [0.5, 0.6) is 11.6 Å². The fourth-order valence-corrected chi connectivity index (χ4v) is 1.64. The van der Waals surface area contributed by atoms with Crippen molar-refractivity contribution in [2.24, 2.45) is 5.84 Å². The minimum atomic E-state index is -0.574. The van der Waals surface area contributed by atoms with Crippen LogP contribution in [-0.4, -0.2) is 16.6 Å². The molecule has 2 aromatic rings. The molecule has 112 valence electrons. The largest absolute Gasteiger partial charge is 0.439 e. The molecular formula is C13H14ClFN4O2. The second-order valence-electron chi connectivity index (χ2n) is 3.97. The van der Waals surface area contributed by atoms with E-state index in [1.807, 2.05) is 6.92 Å². The van der Waals surface area contributed by atoms with E-state index in [1.165, 1.54) is 24.3 Å². The fraction of sp³-hybridized carbons (Fsp3) is 0.231. The number of aromatic nitrogens is 2. The van der Waals surface area contributed by atoms with E-state index in [0.29, 0.717) is 18.2 Å². The summed E-state index contributed by atoms with van der Waals surface area (Å²) in [5.74, 6) is 6.01. The van der Waals surface area contributed by atoms with Gasteiger partial charge in [0.2, 0.25) is 5.88 Å². The molecule has 1 aromatic carbocycles. The van der Waals surface area contributed by atoms with Crippen LogP contribution >= 0.6 is 11.6 Å². The van der Waals surface area contributed by atoms with Gasteiger partial charge in [0, 0.05) is 18.7 Å². The van der Waals surface area contributed by atoms with E-state index in [-0.39, 0.29) is 23.3 Å². The average molecular weight is 313 g/mol. The molecule has 0 spiro atoms. The summed E-state index contributed by atoms with van der Waals surface area (Å²) in [5.41, 5.74) is 2.41. The highest BCUT2D eigenvalue weighted by Gasteiger charge is 2.08. The van der Waals surface area contributed by atoms with E-state index in [2.05, 4.69) is 15.4 Å². The number of halogens is 2. The summed E-state index contributed by atoms with van der Waals surface area (Å²) in [5, 5.41) is 0.0198. The van der Waals surface area contributed by atoms with Gasteiger partial charge in [0.15, 0.2) is 5.82 Å². The van der Waals surface area contributed by atoms with Crippen LogP contribution in [0.15, 0.2) is 24.3 Å². The van der Waals surface area contributed by atoms with Gasteiger partial charge in [0.25, 0.3) is 0 Å². The van der Waals surface area contributed by atoms with E-state index in [9.17, 15) is 4.39 Å². The van der Waals surface area contributed by atoms with Gasteiger partial charge in [-0.2, -0.15) is 4.98 Å². The number of hydrogen-bond donors (Lipinski definition) is 2. The molecule has 21 heavy (non-hydrogen) atoms. The number of nitrogens with two attached hydrogens (primary N) is 1. The second-order valence-corrected chi connectivity index (χ2v) is 4.37. The van der Waals surface area contributed by atoms with Crippen molar-refractivity contribution in [3.8, 4) is 11.6 Å². The number of rotatable bonds is 6. The van der Waals surface area contributed by atoms with Gasteiger partial charge in [-0.3, -0.25) is 0 Å². The zero-order chi connectivity index (χ0) is 15.2. The highest BCUT2D eigenvalue weighted by Crippen LogP contribution is 2.25. The first-order valence-corrected chi connectivity index (χ1v) is 6.55. The Balaban J connectivity index is 2.23. The van der Waals surface area contributed by atoms with E-state index >= 15 is 0 Å². The third-order valence-corrected chi connectivity index (χ3v) is 2.75. The lowest BCUT2D eigenvalue weighted by molar-refractivity contribution is 0.128. The maximum atomic E-state index is 13.4. The summed E-state index contributed by atoms with van der Waals surface area (Å²) in [6.07, 6.45) is 0. The maximum Gasteiger partial charge on any atom is 0.224 e. The molecule has 3 N–H and O–H groups in total. The molecule has 0 saturated heterocycles. The predicted octanol–water partition coefficient (Wildman–Crippen LogP) is 2.88. The Hall–Kier alpha value is -1.96. The third-order valence-electron chi connectivity index (χ3n) is 2.45. The molecule has 2 rings (SSSR count). The highest BCUT2D eigenvalue weighted by atomic mass is 35.5. The van der Waals surface area contributed by atoms with Crippen molar-refractivity contribution in [3.63, 3.8) is 0 Å². The quantitative estimate of drug-likeness (QED) is 0.630. The lowest BCUT2D eigenvalue weighted by atomic mass is 10.3. The summed E-state index contributed by atoms with van der Waals surface area (Å²) in [7, 11) is 0. The van der Waals surface area contributed by atoms with Gasteiger partial charge in [-0.1, -0.05) is 11.6 Å². The Morgan fingerprint density at radius 1 is 1.33 bits per heavy atom. The Kier molecular flexibility index (Phi) is 5.26. The number of benzene rings is 1. The van der Waals surface area contributed by atoms with Gasteiger partial charge in [-0.25, -0.2) is 15.2 Å². The SMILES string of the molecule is CCOCc1nc(NN)cc(Oc2ccc(Cl)c(F)c2)n1. The van der Waals surface area contributed by atoms with E-state index in [4.69, 9.17) is 26.9 Å². The third kappa shape index (κ3) is 4.25. The van der Waals surface area contributed by atoms with Crippen LogP contribution in [0.4, 0.5) is 10.2 Å². The molecule has 0 aliphatic rings. The van der Waals surface area contributed by atoms with Crippen LogP contribution in [0, 0.1) is 5.82 Å². The van der Waals surface area contributed by atoms with Crippen LogP contribution in [0.2, 0.25) is 5.02 Å². The van der Waals surface area contributed by atoms with Crippen LogP contribution in [0.25, 0.3) is 0 Å². The fourth-order valence-electron chi connectivity index (χ4n) is 1.52. The maximum absolute atomic E-state index is 13.4. The van der Waals surface area contributed by atoms with Crippen molar-refractivity contribution in [1.82, 2.24) is 9.97 Å². The number of ether oxygens (including phenoxy) is 2. The zero-order valence-electron chi connectivity index (χ0n) is 11.3. The van der Waals surface area contributed by atoms with E-state index in [0.717, 1.165) is 0 Å². The van der Waals surface area contributed by atoms with Crippen molar-refractivity contribution in [3.05, 3.63) is 40.9 Å². The number of hydrazine groups is 1. The molecule has 1 heterocycles. The van der Waals surface area contributed by atoms with E-state index < -0.39 is 5.82 Å². The summed E-state index contributed by atoms with van der Waals surface area (Å²) >= 11 is 5.61. The van der Waals surface area contributed by atoms with Gasteiger partial charge in [-0.15, -0.1) is 0 Å². The molecule has 8 heteroatoms. The Morgan fingerprint density at radius 2 is 2.14 bits per heavy atom. The minimum Gasteiger partial charge on any atom is -0.439 e. The van der Waals surface area contributed by atoms with Crippen LogP contribution in [0.3, 0.4) is 0 Å². The minimum absolute atomic E-state index is 0.0198. The van der Waals surface area contributed by atoms with Gasteiger partial charge in [-0.05, 0) is 19.1 Å². The Morgan fingerprint density at radius 3 is 2.81 bits per heavy atom. The number of hydrogen-bond acceptors (Lipinski definition) is 6. The molecule has 0 aliphatic heterocycles. The second kappa shape index (κ2) is 7.16. The molecule has 0 aliphatic carbocycles. The van der Waals surface area contributed by atoms with Gasteiger partial charge in [0.1, 0.15) is 24.0 Å². The topological polar surface area (TPSA) is 82.3 Å². The number of nitrogen functional groups attached to an aromatic ring is 1. The summed E-state index contributed by atoms with van der Waals surface area (Å²) in [6.45, 7) is 2.61. The van der Waals surface area contributed by atoms with Crippen molar-refractivity contribution in [2.45, 2.75) is 13.5 Å². The molecule has 0 unspecified atom stereocenters. The van der Waals surface area contributed by atoms with Crippen molar-refractivity contribution >= 4 is 17.4 Å². The summed E-state index contributed by atoms with van der Waals surface area (Å²) in [6, 6.07) is 5.59. The van der Waals surface area contributed by atoms with E-state index in [1.54, 1.807) is 0 Å². The normalized spacial score (nSPS) is 10.5. The van der Waals surface area contributed by atoms with Crippen molar-refractivity contribution in [2.75, 3.05) is 12.0 Å². The number of anilines is 1. The molecule has 0 atom stereocenters. The smallest absolute Gasteiger partial charge is 0.224 e. The van der Waals surface area contributed by atoms with Crippen LogP contribution < -0.4 is 16.0 Å². The molecule has 6 nitrogen and oxygen atoms in total. The molecule has 0 saturated carbocycles. The first-order valence-electron chi connectivity index (χ1n) is 6.17. The van der Waals surface area contributed by atoms with Crippen molar-refractivity contribution in [1.29, 1.82) is 0 Å². The predicted molar refractivity (Wildman–Crippen MR) is 76.7 cm³/mol. The lowest BCUT2D eigenvalue weighted by Crippen LogP contribution is -2.11. The number of nitrogens with one attached hydrogen (secondary N) is 1. The molecular weight excluding hydrogens is 299 g/mol. The first-order chi connectivity index (χ1) is 10.1. The first kappa shape index (κ1) is 15.4.